The van der Waals surface area contributed by atoms with Crippen LogP contribution >= 0.6 is 0 Å². The summed E-state index contributed by atoms with van der Waals surface area (Å²) in [5.74, 6) is -3.37. The first-order chi connectivity index (χ1) is 13.2. The van der Waals surface area contributed by atoms with E-state index in [2.05, 4.69) is 10.3 Å². The summed E-state index contributed by atoms with van der Waals surface area (Å²) < 4.78 is 98.1. The summed E-state index contributed by atoms with van der Waals surface area (Å²) in [7, 11) is 1.61. The molecule has 0 unspecified atom stereocenters. The monoisotopic (exact) mass is 424 g/mol. The lowest BCUT2D eigenvalue weighted by Gasteiger charge is -2.38. The molecule has 0 atom stereocenters. The summed E-state index contributed by atoms with van der Waals surface area (Å²) in [6, 6.07) is 4.05. The van der Waals surface area contributed by atoms with Gasteiger partial charge >= 0.3 is 18.0 Å². The molecule has 0 radical (unpaired) electrons. The first-order valence-electron chi connectivity index (χ1n) is 7.79. The van der Waals surface area contributed by atoms with Crippen LogP contribution in [0.1, 0.15) is 11.1 Å². The Bertz CT molecular complexity index is 1130. The number of nitrogens with zero attached hydrogens (tertiary/aromatic N) is 3. The fourth-order valence-corrected chi connectivity index (χ4v) is 3.03. The van der Waals surface area contributed by atoms with Crippen LogP contribution in [0, 0.1) is 5.82 Å². The van der Waals surface area contributed by atoms with Crippen LogP contribution in [0.25, 0.3) is 0 Å². The van der Waals surface area contributed by atoms with Gasteiger partial charge in [0.25, 0.3) is 11.1 Å². The van der Waals surface area contributed by atoms with Crippen molar-refractivity contribution in [3.63, 3.8) is 0 Å². The number of hydrogen-bond acceptors (Lipinski definition) is 4. The van der Waals surface area contributed by atoms with Gasteiger partial charge in [-0.05, 0) is 12.1 Å². The van der Waals surface area contributed by atoms with Crippen molar-refractivity contribution in [1.29, 1.82) is 0 Å². The minimum Gasteiger partial charge on any atom is -0.325 e. The van der Waals surface area contributed by atoms with Crippen molar-refractivity contribution in [2.24, 2.45) is 19.1 Å². The Hall–Kier alpha value is -3.12. The summed E-state index contributed by atoms with van der Waals surface area (Å²) in [5, 5.41) is 2.09. The third-order valence-electron chi connectivity index (χ3n) is 4.49. The molecule has 3 rings (SSSR count). The van der Waals surface area contributed by atoms with E-state index < -0.39 is 57.7 Å². The van der Waals surface area contributed by atoms with Crippen LogP contribution in [0.3, 0.4) is 0 Å². The third-order valence-corrected chi connectivity index (χ3v) is 4.49. The molecule has 0 spiro atoms. The number of hydrogen-bond donors (Lipinski definition) is 1. The molecule has 0 amide bonds. The molecular weight excluding hydrogens is 413 g/mol. The molecule has 6 nitrogen and oxygen atoms in total. The molecular formula is C16H11F7N4O2. The molecule has 156 valence electrons. The molecule has 0 aliphatic carbocycles. The fourth-order valence-electron chi connectivity index (χ4n) is 3.03. The van der Waals surface area contributed by atoms with Crippen molar-refractivity contribution in [2.75, 3.05) is 5.32 Å². The standard InChI is InChI=1S/C16H11F7N4O2/c1-26-11-9(12(28)27(2)13(26)29)14(15(18,19)20,16(21,22)23)25-10(24-11)7-5-3-4-6-8(7)17/h3-6H,1-2H3,(H,24,25). The molecule has 2 aromatic rings. The van der Waals surface area contributed by atoms with E-state index >= 15 is 0 Å². The van der Waals surface area contributed by atoms with E-state index in [1.807, 2.05) is 0 Å². The zero-order valence-corrected chi connectivity index (χ0v) is 14.6. The van der Waals surface area contributed by atoms with Gasteiger partial charge < -0.3 is 5.32 Å². The first kappa shape index (κ1) is 20.6. The zero-order chi connectivity index (χ0) is 21.9. The van der Waals surface area contributed by atoms with Gasteiger partial charge in [-0.15, -0.1) is 0 Å². The number of rotatable bonds is 1. The molecule has 2 heterocycles. The summed E-state index contributed by atoms with van der Waals surface area (Å²) in [6.45, 7) is 0. The van der Waals surface area contributed by atoms with Gasteiger partial charge in [0.05, 0.1) is 5.56 Å². The van der Waals surface area contributed by atoms with Crippen molar-refractivity contribution in [3.05, 3.63) is 62.0 Å². The molecule has 13 heteroatoms. The largest absolute Gasteiger partial charge is 0.427 e. The Kier molecular flexibility index (Phi) is 4.40. The normalized spacial score (nSPS) is 16.1. The van der Waals surface area contributed by atoms with E-state index in [4.69, 9.17) is 0 Å². The second-order valence-electron chi connectivity index (χ2n) is 6.20. The van der Waals surface area contributed by atoms with Crippen LogP contribution in [0.2, 0.25) is 0 Å². The van der Waals surface area contributed by atoms with Crippen molar-refractivity contribution >= 4 is 11.7 Å². The minimum absolute atomic E-state index is 0.107. The lowest BCUT2D eigenvalue weighted by molar-refractivity contribution is -0.301. The van der Waals surface area contributed by atoms with Gasteiger partial charge in [-0.2, -0.15) is 26.3 Å². The van der Waals surface area contributed by atoms with Crippen molar-refractivity contribution < 1.29 is 30.7 Å². The van der Waals surface area contributed by atoms with Gasteiger partial charge in [-0.1, -0.05) is 12.1 Å². The van der Waals surface area contributed by atoms with Crippen LogP contribution in [0.15, 0.2) is 38.8 Å². The van der Waals surface area contributed by atoms with Crippen molar-refractivity contribution in [2.45, 2.75) is 17.9 Å². The topological polar surface area (TPSA) is 68.4 Å². The van der Waals surface area contributed by atoms with E-state index in [-0.39, 0.29) is 4.57 Å². The van der Waals surface area contributed by atoms with Crippen LogP contribution in [0.4, 0.5) is 36.6 Å². The maximum absolute atomic E-state index is 14.1. The molecule has 1 aliphatic heterocycles. The van der Waals surface area contributed by atoms with Crippen LogP contribution in [0.5, 0.6) is 0 Å². The lowest BCUT2D eigenvalue weighted by Crippen LogP contribution is -2.60. The quantitative estimate of drug-likeness (QED) is 0.716. The van der Waals surface area contributed by atoms with E-state index in [1.165, 1.54) is 12.1 Å². The molecule has 1 aromatic heterocycles. The number of anilines is 1. The van der Waals surface area contributed by atoms with E-state index in [0.29, 0.717) is 4.57 Å². The fraction of sp³-hybridized carbons (Fsp3) is 0.312. The summed E-state index contributed by atoms with van der Waals surface area (Å²) in [6.07, 6.45) is -12.3. The maximum Gasteiger partial charge on any atom is 0.427 e. The number of fused-ring (bicyclic) bond motifs is 1. The van der Waals surface area contributed by atoms with Crippen molar-refractivity contribution in [1.82, 2.24) is 9.13 Å². The number of alkyl halides is 6. The van der Waals surface area contributed by atoms with E-state index in [0.717, 1.165) is 26.2 Å². The highest BCUT2D eigenvalue weighted by molar-refractivity contribution is 6.10. The summed E-state index contributed by atoms with van der Waals surface area (Å²) >= 11 is 0. The van der Waals surface area contributed by atoms with Gasteiger partial charge in [0, 0.05) is 14.1 Å². The highest BCUT2D eigenvalue weighted by Gasteiger charge is 2.75. The molecule has 1 N–H and O–H groups in total. The highest BCUT2D eigenvalue weighted by atomic mass is 19.4. The second-order valence-corrected chi connectivity index (χ2v) is 6.20. The average Bonchev–Trinajstić information content (AvgIpc) is 2.62. The minimum atomic E-state index is -6.14. The Morgan fingerprint density at radius 3 is 2.03 bits per heavy atom. The highest BCUT2D eigenvalue weighted by Crippen LogP contribution is 2.55. The van der Waals surface area contributed by atoms with Crippen LogP contribution in [-0.4, -0.2) is 27.3 Å². The Balaban J connectivity index is 2.56. The molecule has 1 aliphatic rings. The molecule has 1 aromatic carbocycles. The third kappa shape index (κ3) is 2.75. The molecule has 0 saturated carbocycles. The Morgan fingerprint density at radius 1 is 0.966 bits per heavy atom. The number of amidine groups is 1. The van der Waals surface area contributed by atoms with Crippen LogP contribution < -0.4 is 16.6 Å². The first-order valence-corrected chi connectivity index (χ1v) is 7.79. The number of aromatic nitrogens is 2. The Labute approximate surface area is 156 Å². The summed E-state index contributed by atoms with van der Waals surface area (Å²) in [4.78, 5) is 27.3. The molecule has 0 bridgehead atoms. The number of halogens is 7. The number of benzene rings is 1. The van der Waals surface area contributed by atoms with Crippen LogP contribution in [-0.2, 0) is 19.6 Å². The Morgan fingerprint density at radius 2 is 1.52 bits per heavy atom. The van der Waals surface area contributed by atoms with E-state index in [1.54, 1.807) is 0 Å². The maximum atomic E-state index is 14.1. The predicted molar refractivity (Wildman–Crippen MR) is 87.3 cm³/mol. The van der Waals surface area contributed by atoms with Gasteiger partial charge in [0.2, 0.25) is 0 Å². The van der Waals surface area contributed by atoms with E-state index in [9.17, 15) is 40.3 Å². The molecule has 0 saturated heterocycles. The van der Waals surface area contributed by atoms with Gasteiger partial charge in [-0.3, -0.25) is 13.9 Å². The number of nitrogens with one attached hydrogen (secondary N) is 1. The number of aliphatic imine (C=N–C) groups is 1. The SMILES string of the molecule is Cn1c2c(c(=O)n(C)c1=O)C(C(F)(F)F)(C(F)(F)F)N=C(c1ccccc1F)N2. The smallest absolute Gasteiger partial charge is 0.325 e. The summed E-state index contributed by atoms with van der Waals surface area (Å²) in [5.41, 5.74) is -10.6. The molecule has 29 heavy (non-hydrogen) atoms. The van der Waals surface area contributed by atoms with Crippen molar-refractivity contribution in [3.8, 4) is 0 Å². The second kappa shape index (κ2) is 6.19. The van der Waals surface area contributed by atoms with Gasteiger partial charge in [0.15, 0.2) is 0 Å². The van der Waals surface area contributed by atoms with Gasteiger partial charge in [-0.25, -0.2) is 14.2 Å². The average molecular weight is 424 g/mol. The van der Waals surface area contributed by atoms with Gasteiger partial charge in [0.1, 0.15) is 23.0 Å². The predicted octanol–water partition coefficient (Wildman–Crippen LogP) is 2.42. The lowest BCUT2D eigenvalue weighted by atomic mass is 9.87. The zero-order valence-electron chi connectivity index (χ0n) is 14.6. The molecule has 0 fully saturated rings.